The van der Waals surface area contributed by atoms with Gasteiger partial charge >= 0.3 is 0 Å². The fourth-order valence-electron chi connectivity index (χ4n) is 5.67. The molecular weight excluding hydrogens is 800 g/mol. The Bertz CT molecular complexity index is 2230. The van der Waals surface area contributed by atoms with Gasteiger partial charge in [0.05, 0.1) is 13.7 Å². The van der Waals surface area contributed by atoms with Crippen LogP contribution in [0.25, 0.3) is 55.6 Å². The molecule has 7 aromatic rings. The van der Waals surface area contributed by atoms with Crippen molar-refractivity contribution in [3.63, 3.8) is 0 Å². The molecule has 7 rings (SSSR count). The smallest absolute Gasteiger partial charge is 0.123 e. The van der Waals surface area contributed by atoms with Gasteiger partial charge in [0.15, 0.2) is 0 Å². The van der Waals surface area contributed by atoms with Crippen LogP contribution in [-0.4, -0.2) is 18.0 Å². The first-order valence-corrected chi connectivity index (χ1v) is 19.6. The first-order chi connectivity index (χ1) is 24.0. The number of furan rings is 1. The Labute approximate surface area is 308 Å². The summed E-state index contributed by atoms with van der Waals surface area (Å²) in [5.41, 5.74) is 8.65. The van der Waals surface area contributed by atoms with Gasteiger partial charge < -0.3 is 14.4 Å². The van der Waals surface area contributed by atoms with Crippen LogP contribution in [0, 0.1) is 30.2 Å². The number of hydrogen-bond acceptors (Lipinski definition) is 3. The fourth-order valence-corrected chi connectivity index (χ4v) is 6.70. The Morgan fingerprint density at radius 1 is 0.816 bits per heavy atom. The SMILES string of the molecule is CC(C)(C)Cc1ccnc(-c2[c-]ccc3c2oc2cc(-c4ccc(F)cc4)ccc23)c1.[2H]C([2H])([2H])c1c[c-]c(-c2ccc([Si](C)(C)C)cn2)cc1.[Ir]. The Hall–Kier alpha value is -4.22. The molecule has 0 fully saturated rings. The van der Waals surface area contributed by atoms with Crippen LogP contribution in [-0.2, 0) is 26.5 Å². The van der Waals surface area contributed by atoms with E-state index in [9.17, 15) is 4.39 Å². The van der Waals surface area contributed by atoms with Gasteiger partial charge in [-0.1, -0.05) is 106 Å². The van der Waals surface area contributed by atoms with Crippen molar-refractivity contribution in [3.8, 4) is 33.6 Å². The number of aromatic nitrogens is 2. The Morgan fingerprint density at radius 3 is 2.24 bits per heavy atom. The summed E-state index contributed by atoms with van der Waals surface area (Å²) in [6.45, 7) is 11.5. The van der Waals surface area contributed by atoms with Gasteiger partial charge in [-0.05, 0) is 63.8 Å². The van der Waals surface area contributed by atoms with Gasteiger partial charge in [0, 0.05) is 42.0 Å². The average Bonchev–Trinajstić information content (AvgIpc) is 3.46. The standard InChI is InChI=1S/C28H23FNO.C15H18NSi.Ir/c1-28(2,3)17-18-13-14-30-25(15-18)24-6-4-5-23-22-12-9-20(16-26(22)31-27(23)24)19-7-10-21(29)11-8-19;1-12-5-7-13(8-6-12)15-10-9-14(11-16-15)17(2,3)4;/h4-5,7-16H,17H2,1-3H3;5-7,9-11H,1-4H3;/q2*-1;/i;1D3;. The Balaban J connectivity index is 0.000000217. The van der Waals surface area contributed by atoms with Gasteiger partial charge in [-0.2, -0.15) is 0 Å². The van der Waals surface area contributed by atoms with E-state index >= 15 is 0 Å². The van der Waals surface area contributed by atoms with E-state index in [4.69, 9.17) is 8.53 Å². The first kappa shape index (κ1) is 32.0. The molecule has 0 N–H and O–H groups in total. The van der Waals surface area contributed by atoms with E-state index in [0.29, 0.717) is 5.56 Å². The van der Waals surface area contributed by atoms with E-state index in [-0.39, 0.29) is 31.3 Å². The van der Waals surface area contributed by atoms with Crippen molar-refractivity contribution in [1.29, 1.82) is 0 Å². The van der Waals surface area contributed by atoms with Crippen LogP contribution in [0.1, 0.15) is 36.0 Å². The maximum atomic E-state index is 13.3. The molecule has 0 unspecified atom stereocenters. The molecule has 0 amide bonds. The largest absolute Gasteiger partial charge is 0.501 e. The third kappa shape index (κ3) is 8.69. The molecule has 0 aliphatic carbocycles. The number of benzene rings is 4. The summed E-state index contributed by atoms with van der Waals surface area (Å²) in [6, 6.07) is 36.1. The summed E-state index contributed by atoms with van der Waals surface area (Å²) < 4.78 is 41.7. The van der Waals surface area contributed by atoms with Crippen LogP contribution in [0.4, 0.5) is 4.39 Å². The van der Waals surface area contributed by atoms with Gasteiger partial charge in [0.25, 0.3) is 0 Å². The first-order valence-electron chi connectivity index (χ1n) is 17.6. The Kier molecular flexibility index (Phi) is 9.61. The van der Waals surface area contributed by atoms with Gasteiger partial charge in [0.2, 0.25) is 0 Å². The van der Waals surface area contributed by atoms with Crippen molar-refractivity contribution in [1.82, 2.24) is 9.97 Å². The van der Waals surface area contributed by atoms with Crippen molar-refractivity contribution in [2.45, 2.75) is 53.7 Å². The van der Waals surface area contributed by atoms with E-state index in [1.807, 2.05) is 42.7 Å². The molecule has 1 radical (unpaired) electrons. The monoisotopic (exact) mass is 844 g/mol. The van der Waals surface area contributed by atoms with Crippen molar-refractivity contribution in [3.05, 3.63) is 139 Å². The van der Waals surface area contributed by atoms with Crippen molar-refractivity contribution in [2.75, 3.05) is 0 Å². The normalized spacial score (nSPS) is 12.8. The van der Waals surface area contributed by atoms with Crippen molar-refractivity contribution in [2.24, 2.45) is 5.41 Å². The van der Waals surface area contributed by atoms with E-state index < -0.39 is 14.9 Å². The zero-order valence-corrected chi connectivity index (χ0v) is 32.0. The number of halogens is 1. The molecule has 3 nitrogen and oxygen atoms in total. The Morgan fingerprint density at radius 2 is 1.59 bits per heavy atom. The second kappa shape index (κ2) is 14.7. The predicted molar refractivity (Wildman–Crippen MR) is 201 cm³/mol. The van der Waals surface area contributed by atoms with Crippen LogP contribution in [0.15, 0.2) is 114 Å². The van der Waals surface area contributed by atoms with Gasteiger partial charge in [0.1, 0.15) is 11.4 Å². The maximum Gasteiger partial charge on any atom is 0.123 e. The third-order valence-corrected chi connectivity index (χ3v) is 10.2. The fraction of sp³-hybridized carbons (Fsp3) is 0.209. The van der Waals surface area contributed by atoms with Crippen LogP contribution in [0.5, 0.6) is 0 Å². The zero-order valence-electron chi connectivity index (χ0n) is 31.6. The molecule has 251 valence electrons. The summed E-state index contributed by atoms with van der Waals surface area (Å²) in [5.74, 6) is -0.241. The molecule has 0 atom stereocenters. The molecular formula is C43H41FIrN2OSi-2. The molecule has 6 heteroatoms. The van der Waals surface area contributed by atoms with Crippen molar-refractivity contribution >= 4 is 35.2 Å². The van der Waals surface area contributed by atoms with Crippen LogP contribution in [0.2, 0.25) is 19.6 Å². The minimum atomic E-state index is -2.08. The summed E-state index contributed by atoms with van der Waals surface area (Å²) >= 11 is 0. The van der Waals surface area contributed by atoms with Crippen molar-refractivity contribution < 1.29 is 33.0 Å². The predicted octanol–water partition coefficient (Wildman–Crippen LogP) is 11.2. The number of pyridine rings is 2. The third-order valence-electron chi connectivity index (χ3n) is 8.14. The van der Waals surface area contributed by atoms with Gasteiger partial charge in [-0.15, -0.1) is 53.6 Å². The van der Waals surface area contributed by atoms with Crippen LogP contribution < -0.4 is 5.19 Å². The topological polar surface area (TPSA) is 38.9 Å². The molecule has 0 aliphatic heterocycles. The number of fused-ring (bicyclic) bond motifs is 3. The molecule has 0 saturated carbocycles. The van der Waals surface area contributed by atoms with E-state index in [1.165, 1.54) is 28.9 Å². The summed E-state index contributed by atoms with van der Waals surface area (Å²) in [6.07, 6.45) is 4.76. The number of rotatable bonds is 5. The molecule has 0 spiro atoms. The average molecular weight is 844 g/mol. The summed E-state index contributed by atoms with van der Waals surface area (Å²) in [5, 5.41) is 3.39. The number of nitrogens with zero attached hydrogens (tertiary/aromatic N) is 2. The van der Waals surface area contributed by atoms with Gasteiger partial charge in [-0.3, -0.25) is 0 Å². The molecule has 0 saturated heterocycles. The molecule has 3 aromatic heterocycles. The van der Waals surface area contributed by atoms with Gasteiger partial charge in [-0.25, -0.2) is 4.39 Å². The summed E-state index contributed by atoms with van der Waals surface area (Å²) in [4.78, 5) is 9.08. The second-order valence-electron chi connectivity index (χ2n) is 14.4. The molecule has 0 aliphatic rings. The second-order valence-corrected chi connectivity index (χ2v) is 19.5. The molecule has 3 heterocycles. The van der Waals surface area contributed by atoms with E-state index in [0.717, 1.165) is 62.0 Å². The summed E-state index contributed by atoms with van der Waals surface area (Å²) in [7, 11) is -1.34. The quantitative estimate of drug-likeness (QED) is 0.128. The number of hydrogen-bond donors (Lipinski definition) is 0. The van der Waals surface area contributed by atoms with E-state index in [1.54, 1.807) is 24.3 Å². The minimum Gasteiger partial charge on any atom is -0.501 e. The van der Waals surface area contributed by atoms with Crippen LogP contribution >= 0.6 is 0 Å². The minimum absolute atomic E-state index is 0. The van der Waals surface area contributed by atoms with E-state index in [2.05, 4.69) is 86.8 Å². The molecule has 4 aromatic carbocycles. The zero-order chi connectivity index (χ0) is 36.6. The number of aryl methyl sites for hydroxylation is 1. The molecule has 0 bridgehead atoms. The molecule has 49 heavy (non-hydrogen) atoms. The maximum absolute atomic E-state index is 13.3. The van der Waals surface area contributed by atoms with Crippen LogP contribution in [0.3, 0.4) is 0 Å².